The largest absolute Gasteiger partial charge is 0.326 e. The van der Waals surface area contributed by atoms with E-state index in [9.17, 15) is 9.18 Å². The zero-order chi connectivity index (χ0) is 14.4. The van der Waals surface area contributed by atoms with Gasteiger partial charge in [-0.25, -0.2) is 4.39 Å². The topological polar surface area (TPSA) is 29.1 Å². The van der Waals surface area contributed by atoms with Crippen molar-refractivity contribution in [2.24, 2.45) is 23.2 Å². The Balaban J connectivity index is 1.43. The molecule has 4 bridgehead atoms. The Morgan fingerprint density at radius 1 is 1.05 bits per heavy atom. The Morgan fingerprint density at radius 3 is 2.10 bits per heavy atom. The van der Waals surface area contributed by atoms with E-state index in [-0.39, 0.29) is 17.1 Å². The van der Waals surface area contributed by atoms with E-state index in [1.54, 1.807) is 12.1 Å². The molecule has 5 rings (SSSR count). The summed E-state index contributed by atoms with van der Waals surface area (Å²) in [6, 6.07) is 6.04. The summed E-state index contributed by atoms with van der Waals surface area (Å²) in [6.45, 7) is 0. The first kappa shape index (κ1) is 13.3. The van der Waals surface area contributed by atoms with Crippen LogP contribution < -0.4 is 5.32 Å². The molecule has 1 aromatic rings. The molecule has 0 radical (unpaired) electrons. The molecule has 1 amide bonds. The number of hydrogen-bond acceptors (Lipinski definition) is 1. The zero-order valence-corrected chi connectivity index (χ0v) is 12.3. The maximum absolute atomic E-state index is 12.9. The Bertz CT molecular complexity index is 516. The molecule has 0 spiro atoms. The maximum atomic E-state index is 12.9. The van der Waals surface area contributed by atoms with E-state index in [2.05, 4.69) is 5.32 Å². The van der Waals surface area contributed by atoms with E-state index in [1.165, 1.54) is 50.7 Å². The van der Waals surface area contributed by atoms with Crippen molar-refractivity contribution in [1.29, 1.82) is 0 Å². The summed E-state index contributed by atoms with van der Waals surface area (Å²) >= 11 is 0. The van der Waals surface area contributed by atoms with Gasteiger partial charge in [0.1, 0.15) is 5.82 Å². The molecular weight excluding hydrogens is 265 g/mol. The third-order valence-electron chi connectivity index (χ3n) is 5.83. The van der Waals surface area contributed by atoms with Crippen LogP contribution in [0.25, 0.3) is 0 Å². The van der Waals surface area contributed by atoms with E-state index in [0.717, 1.165) is 17.8 Å². The highest BCUT2D eigenvalue weighted by atomic mass is 19.1. The van der Waals surface area contributed by atoms with Crippen LogP contribution in [0.4, 0.5) is 10.1 Å². The summed E-state index contributed by atoms with van der Waals surface area (Å²) in [5.41, 5.74) is 0.963. The highest BCUT2D eigenvalue weighted by molar-refractivity contribution is 5.91. The normalized spacial score (nSPS) is 36.7. The molecule has 4 saturated carbocycles. The van der Waals surface area contributed by atoms with Gasteiger partial charge in [-0.1, -0.05) is 0 Å². The molecule has 0 aromatic heterocycles. The van der Waals surface area contributed by atoms with Gasteiger partial charge in [-0.15, -0.1) is 0 Å². The van der Waals surface area contributed by atoms with Crippen molar-refractivity contribution in [3.63, 3.8) is 0 Å². The van der Waals surface area contributed by atoms with Crippen molar-refractivity contribution in [3.8, 4) is 0 Å². The second-order valence-corrected chi connectivity index (χ2v) is 7.65. The summed E-state index contributed by atoms with van der Waals surface area (Å²) in [7, 11) is 0. The van der Waals surface area contributed by atoms with Crippen molar-refractivity contribution >= 4 is 11.6 Å². The number of benzene rings is 1. The molecule has 0 saturated heterocycles. The fourth-order valence-electron chi connectivity index (χ4n) is 5.59. The average molecular weight is 287 g/mol. The monoisotopic (exact) mass is 287 g/mol. The SMILES string of the molecule is O=C(CC12CC3CC(CC(C3)C1)C2)Nc1ccc(F)cc1. The van der Waals surface area contributed by atoms with Gasteiger partial charge in [-0.05, 0) is 86.0 Å². The third kappa shape index (κ3) is 2.58. The minimum atomic E-state index is -0.269. The lowest BCUT2D eigenvalue weighted by atomic mass is 9.49. The predicted molar refractivity (Wildman–Crippen MR) is 80.3 cm³/mol. The fourth-order valence-corrected chi connectivity index (χ4v) is 5.59. The summed E-state index contributed by atoms with van der Waals surface area (Å²) < 4.78 is 12.9. The molecule has 3 heteroatoms. The van der Waals surface area contributed by atoms with Crippen LogP contribution in [0.3, 0.4) is 0 Å². The van der Waals surface area contributed by atoms with Gasteiger partial charge < -0.3 is 5.32 Å². The van der Waals surface area contributed by atoms with Crippen molar-refractivity contribution in [1.82, 2.24) is 0 Å². The molecule has 21 heavy (non-hydrogen) atoms. The summed E-state index contributed by atoms with van der Waals surface area (Å²) in [6.07, 6.45) is 8.59. The Morgan fingerprint density at radius 2 is 1.57 bits per heavy atom. The van der Waals surface area contributed by atoms with Gasteiger partial charge in [-0.3, -0.25) is 4.79 Å². The minimum Gasteiger partial charge on any atom is -0.326 e. The fraction of sp³-hybridized carbons (Fsp3) is 0.611. The second kappa shape index (κ2) is 4.82. The molecular formula is C18H22FNO. The zero-order valence-electron chi connectivity index (χ0n) is 12.3. The van der Waals surface area contributed by atoms with Crippen LogP contribution >= 0.6 is 0 Å². The molecule has 0 heterocycles. The number of nitrogens with one attached hydrogen (secondary N) is 1. The van der Waals surface area contributed by atoms with Crippen LogP contribution in [0.1, 0.15) is 44.9 Å². The molecule has 2 nitrogen and oxygen atoms in total. The molecule has 0 atom stereocenters. The van der Waals surface area contributed by atoms with E-state index >= 15 is 0 Å². The van der Waals surface area contributed by atoms with Crippen molar-refractivity contribution in [2.75, 3.05) is 5.32 Å². The Labute approximate surface area is 125 Å². The van der Waals surface area contributed by atoms with Gasteiger partial charge in [0.05, 0.1) is 0 Å². The van der Waals surface area contributed by atoms with Crippen molar-refractivity contribution in [2.45, 2.75) is 44.9 Å². The smallest absolute Gasteiger partial charge is 0.224 e. The lowest BCUT2D eigenvalue weighted by Gasteiger charge is -2.56. The molecule has 1 aromatic carbocycles. The first-order valence-corrected chi connectivity index (χ1v) is 8.16. The van der Waals surface area contributed by atoms with E-state index < -0.39 is 0 Å². The van der Waals surface area contributed by atoms with Gasteiger partial charge in [0.2, 0.25) is 5.91 Å². The maximum Gasteiger partial charge on any atom is 0.224 e. The molecule has 112 valence electrons. The second-order valence-electron chi connectivity index (χ2n) is 7.65. The molecule has 1 N–H and O–H groups in total. The van der Waals surface area contributed by atoms with Gasteiger partial charge in [-0.2, -0.15) is 0 Å². The van der Waals surface area contributed by atoms with Crippen LogP contribution in [-0.4, -0.2) is 5.91 Å². The lowest BCUT2D eigenvalue weighted by molar-refractivity contribution is -0.124. The number of hydrogen-bond donors (Lipinski definition) is 1. The third-order valence-corrected chi connectivity index (χ3v) is 5.83. The van der Waals surface area contributed by atoms with Crippen LogP contribution in [0.2, 0.25) is 0 Å². The van der Waals surface area contributed by atoms with E-state index in [1.807, 2.05) is 0 Å². The molecule has 4 fully saturated rings. The van der Waals surface area contributed by atoms with E-state index in [4.69, 9.17) is 0 Å². The molecule has 0 unspecified atom stereocenters. The van der Waals surface area contributed by atoms with Crippen LogP contribution in [-0.2, 0) is 4.79 Å². The highest BCUT2D eigenvalue weighted by Crippen LogP contribution is 2.61. The standard InChI is InChI=1S/C18H22FNO/c19-15-1-3-16(4-2-15)20-17(21)11-18-8-12-5-13(9-18)7-14(6-12)10-18/h1-4,12-14H,5-11H2,(H,20,21). The van der Waals surface area contributed by atoms with Gasteiger partial charge in [0.15, 0.2) is 0 Å². The van der Waals surface area contributed by atoms with E-state index in [0.29, 0.717) is 12.1 Å². The van der Waals surface area contributed by atoms with Gasteiger partial charge >= 0.3 is 0 Å². The minimum absolute atomic E-state index is 0.101. The number of halogens is 1. The number of carbonyl (C=O) groups excluding carboxylic acids is 1. The van der Waals surface area contributed by atoms with Crippen LogP contribution in [0.15, 0.2) is 24.3 Å². The van der Waals surface area contributed by atoms with Crippen molar-refractivity contribution < 1.29 is 9.18 Å². The summed E-state index contributed by atoms with van der Waals surface area (Å²) in [5, 5.41) is 2.94. The number of amides is 1. The van der Waals surface area contributed by atoms with Gasteiger partial charge in [0.25, 0.3) is 0 Å². The highest BCUT2D eigenvalue weighted by Gasteiger charge is 2.51. The first-order valence-electron chi connectivity index (χ1n) is 8.16. The summed E-state index contributed by atoms with van der Waals surface area (Å²) in [4.78, 5) is 12.4. The van der Waals surface area contributed by atoms with Crippen LogP contribution in [0.5, 0.6) is 0 Å². The Hall–Kier alpha value is -1.38. The Kier molecular flexibility index (Phi) is 3.05. The first-order chi connectivity index (χ1) is 10.1. The van der Waals surface area contributed by atoms with Crippen molar-refractivity contribution in [3.05, 3.63) is 30.1 Å². The number of anilines is 1. The summed E-state index contributed by atoms with van der Waals surface area (Å²) in [5.74, 6) is 2.44. The molecule has 4 aliphatic rings. The van der Waals surface area contributed by atoms with Gasteiger partial charge in [0, 0.05) is 12.1 Å². The molecule has 4 aliphatic carbocycles. The van der Waals surface area contributed by atoms with Crippen LogP contribution in [0, 0.1) is 29.0 Å². The lowest BCUT2D eigenvalue weighted by Crippen LogP contribution is -2.47. The molecule has 0 aliphatic heterocycles. The number of rotatable bonds is 3. The average Bonchev–Trinajstić information content (AvgIpc) is 2.39. The quantitative estimate of drug-likeness (QED) is 0.878. The number of carbonyl (C=O) groups is 1. The predicted octanol–water partition coefficient (Wildman–Crippen LogP) is 4.37.